The van der Waals surface area contributed by atoms with Crippen LogP contribution < -0.4 is 16.4 Å². The molecule has 1 aliphatic heterocycles. The maximum atomic E-state index is 5.65. The van der Waals surface area contributed by atoms with Gasteiger partial charge in [0, 0.05) is 18.1 Å². The second-order valence-corrected chi connectivity index (χ2v) is 2.77. The SMILES string of the molecule is Nc1cccc(C2NC=CN2)c1. The van der Waals surface area contributed by atoms with E-state index in [1.54, 1.807) is 0 Å². The molecule has 2 rings (SSSR count). The lowest BCUT2D eigenvalue weighted by atomic mass is 10.1. The van der Waals surface area contributed by atoms with Gasteiger partial charge in [0.05, 0.1) is 0 Å². The molecule has 62 valence electrons. The molecule has 0 atom stereocenters. The second-order valence-electron chi connectivity index (χ2n) is 2.77. The molecule has 0 aliphatic carbocycles. The molecule has 0 spiro atoms. The van der Waals surface area contributed by atoms with Crippen molar-refractivity contribution in [3.63, 3.8) is 0 Å². The Balaban J connectivity index is 2.22. The zero-order valence-electron chi connectivity index (χ0n) is 6.62. The summed E-state index contributed by atoms with van der Waals surface area (Å²) < 4.78 is 0. The molecule has 0 saturated carbocycles. The Kier molecular flexibility index (Phi) is 1.63. The van der Waals surface area contributed by atoms with Crippen molar-refractivity contribution in [2.24, 2.45) is 0 Å². The number of nitrogen functional groups attached to an aromatic ring is 1. The van der Waals surface area contributed by atoms with Crippen molar-refractivity contribution >= 4 is 5.69 Å². The molecule has 0 aromatic heterocycles. The first kappa shape index (κ1) is 7.03. The smallest absolute Gasteiger partial charge is 0.122 e. The average Bonchev–Trinajstić information content (AvgIpc) is 2.56. The van der Waals surface area contributed by atoms with Crippen LogP contribution in [0.25, 0.3) is 0 Å². The summed E-state index contributed by atoms with van der Waals surface area (Å²) in [5, 5.41) is 6.31. The van der Waals surface area contributed by atoms with Gasteiger partial charge in [-0.15, -0.1) is 0 Å². The van der Waals surface area contributed by atoms with Gasteiger partial charge >= 0.3 is 0 Å². The zero-order chi connectivity index (χ0) is 8.39. The molecule has 4 N–H and O–H groups in total. The van der Waals surface area contributed by atoms with Crippen LogP contribution in [0.1, 0.15) is 11.7 Å². The van der Waals surface area contributed by atoms with Crippen LogP contribution in [0.3, 0.4) is 0 Å². The normalized spacial score (nSPS) is 15.7. The van der Waals surface area contributed by atoms with Crippen LogP contribution in [0.2, 0.25) is 0 Å². The van der Waals surface area contributed by atoms with Crippen molar-refractivity contribution in [3.05, 3.63) is 42.2 Å². The third kappa shape index (κ3) is 1.21. The van der Waals surface area contributed by atoms with Crippen LogP contribution in [-0.4, -0.2) is 0 Å². The molecule has 0 saturated heterocycles. The van der Waals surface area contributed by atoms with Gasteiger partial charge in [0.15, 0.2) is 0 Å². The van der Waals surface area contributed by atoms with Crippen molar-refractivity contribution in [2.45, 2.75) is 6.17 Å². The van der Waals surface area contributed by atoms with E-state index in [1.165, 1.54) is 0 Å². The lowest BCUT2D eigenvalue weighted by Gasteiger charge is -2.12. The van der Waals surface area contributed by atoms with Crippen LogP contribution in [0.5, 0.6) is 0 Å². The van der Waals surface area contributed by atoms with Crippen LogP contribution in [-0.2, 0) is 0 Å². The molecule has 1 aliphatic rings. The highest BCUT2D eigenvalue weighted by molar-refractivity contribution is 5.41. The third-order valence-electron chi connectivity index (χ3n) is 1.85. The molecule has 12 heavy (non-hydrogen) atoms. The fourth-order valence-electron chi connectivity index (χ4n) is 1.27. The van der Waals surface area contributed by atoms with Gasteiger partial charge in [-0.25, -0.2) is 0 Å². The molecule has 0 unspecified atom stereocenters. The summed E-state index contributed by atoms with van der Waals surface area (Å²) in [5.41, 5.74) is 7.60. The Morgan fingerprint density at radius 1 is 1.17 bits per heavy atom. The van der Waals surface area contributed by atoms with E-state index in [-0.39, 0.29) is 6.17 Å². The van der Waals surface area contributed by atoms with E-state index in [9.17, 15) is 0 Å². The Morgan fingerprint density at radius 3 is 2.58 bits per heavy atom. The lowest BCUT2D eigenvalue weighted by Crippen LogP contribution is -2.20. The van der Waals surface area contributed by atoms with E-state index >= 15 is 0 Å². The number of hydrogen-bond donors (Lipinski definition) is 3. The quantitative estimate of drug-likeness (QED) is 0.537. The van der Waals surface area contributed by atoms with E-state index < -0.39 is 0 Å². The van der Waals surface area contributed by atoms with Crippen molar-refractivity contribution in [2.75, 3.05) is 5.73 Å². The van der Waals surface area contributed by atoms with E-state index in [1.807, 2.05) is 36.7 Å². The number of anilines is 1. The minimum Gasteiger partial charge on any atom is -0.399 e. The Hall–Kier alpha value is -1.64. The van der Waals surface area contributed by atoms with E-state index in [2.05, 4.69) is 10.6 Å². The second kappa shape index (κ2) is 2.77. The summed E-state index contributed by atoms with van der Waals surface area (Å²) in [6.45, 7) is 0. The van der Waals surface area contributed by atoms with E-state index in [0.29, 0.717) is 0 Å². The molecule has 1 heterocycles. The Morgan fingerprint density at radius 2 is 1.92 bits per heavy atom. The predicted molar refractivity (Wildman–Crippen MR) is 49.0 cm³/mol. The largest absolute Gasteiger partial charge is 0.399 e. The third-order valence-corrected chi connectivity index (χ3v) is 1.85. The zero-order valence-corrected chi connectivity index (χ0v) is 6.62. The highest BCUT2D eigenvalue weighted by Gasteiger charge is 2.09. The first-order valence-corrected chi connectivity index (χ1v) is 3.89. The van der Waals surface area contributed by atoms with Gasteiger partial charge in [0.1, 0.15) is 6.17 Å². The standard InChI is InChI=1S/C9H11N3/c10-8-3-1-2-7(6-8)9-11-4-5-12-9/h1-6,9,11-12H,10H2. The highest BCUT2D eigenvalue weighted by atomic mass is 15.1. The van der Waals surface area contributed by atoms with Gasteiger partial charge in [0.2, 0.25) is 0 Å². The molecule has 0 bridgehead atoms. The fraction of sp³-hybridized carbons (Fsp3) is 0.111. The van der Waals surface area contributed by atoms with Crippen molar-refractivity contribution < 1.29 is 0 Å². The Labute approximate surface area is 71.3 Å². The first-order chi connectivity index (χ1) is 5.86. The predicted octanol–water partition coefficient (Wildman–Crippen LogP) is 0.931. The minimum atomic E-state index is 0.175. The van der Waals surface area contributed by atoms with E-state index in [4.69, 9.17) is 5.73 Å². The summed E-state index contributed by atoms with van der Waals surface area (Å²) in [6.07, 6.45) is 3.94. The van der Waals surface area contributed by atoms with Crippen molar-refractivity contribution in [1.82, 2.24) is 10.6 Å². The molecule has 0 fully saturated rings. The number of nitrogens with two attached hydrogens (primary N) is 1. The van der Waals surface area contributed by atoms with Gasteiger partial charge < -0.3 is 16.4 Å². The molecular weight excluding hydrogens is 150 g/mol. The number of nitrogens with one attached hydrogen (secondary N) is 2. The minimum absolute atomic E-state index is 0.175. The summed E-state index contributed by atoms with van der Waals surface area (Å²) in [4.78, 5) is 0. The number of rotatable bonds is 1. The fourth-order valence-corrected chi connectivity index (χ4v) is 1.27. The van der Waals surface area contributed by atoms with Gasteiger partial charge in [-0.3, -0.25) is 0 Å². The summed E-state index contributed by atoms with van der Waals surface area (Å²) >= 11 is 0. The number of benzene rings is 1. The van der Waals surface area contributed by atoms with Crippen molar-refractivity contribution in [1.29, 1.82) is 0 Å². The summed E-state index contributed by atoms with van der Waals surface area (Å²) in [7, 11) is 0. The van der Waals surface area contributed by atoms with Gasteiger partial charge in [-0.05, 0) is 17.7 Å². The first-order valence-electron chi connectivity index (χ1n) is 3.89. The molecule has 1 aromatic carbocycles. The molecule has 1 aromatic rings. The monoisotopic (exact) mass is 161 g/mol. The molecule has 3 nitrogen and oxygen atoms in total. The average molecular weight is 161 g/mol. The lowest BCUT2D eigenvalue weighted by molar-refractivity contribution is 0.608. The number of hydrogen-bond acceptors (Lipinski definition) is 3. The van der Waals surface area contributed by atoms with Crippen LogP contribution >= 0.6 is 0 Å². The van der Waals surface area contributed by atoms with Crippen molar-refractivity contribution in [3.8, 4) is 0 Å². The van der Waals surface area contributed by atoms with Crippen LogP contribution in [0.15, 0.2) is 36.7 Å². The van der Waals surface area contributed by atoms with Gasteiger partial charge in [-0.1, -0.05) is 12.1 Å². The van der Waals surface area contributed by atoms with Gasteiger partial charge in [-0.2, -0.15) is 0 Å². The Bertz CT molecular complexity index is 298. The maximum absolute atomic E-state index is 5.65. The van der Waals surface area contributed by atoms with E-state index in [0.717, 1.165) is 11.3 Å². The van der Waals surface area contributed by atoms with Crippen LogP contribution in [0.4, 0.5) is 5.69 Å². The molecular formula is C9H11N3. The maximum Gasteiger partial charge on any atom is 0.122 e. The summed E-state index contributed by atoms with van der Waals surface area (Å²) in [5.74, 6) is 0. The topological polar surface area (TPSA) is 50.1 Å². The van der Waals surface area contributed by atoms with Crippen LogP contribution in [0, 0.1) is 0 Å². The molecule has 3 heteroatoms. The van der Waals surface area contributed by atoms with Gasteiger partial charge in [0.25, 0.3) is 0 Å². The molecule has 0 radical (unpaired) electrons. The highest BCUT2D eigenvalue weighted by Crippen LogP contribution is 2.15. The summed E-state index contributed by atoms with van der Waals surface area (Å²) in [6, 6.07) is 7.82. The molecule has 0 amide bonds.